The number of hydrogen-bond donors (Lipinski definition) is 2. The molecular weight excluding hydrogens is 536 g/mol. The van der Waals surface area contributed by atoms with Crippen LogP contribution >= 0.6 is 0 Å². The molecule has 7 aromatic carbocycles. The molecule has 0 aliphatic heterocycles. The quantitative estimate of drug-likeness (QED) is 0.210. The molecular formula is C42H30O2. The molecule has 0 aromatic heterocycles. The van der Waals surface area contributed by atoms with Crippen LogP contribution in [0.4, 0.5) is 0 Å². The zero-order valence-corrected chi connectivity index (χ0v) is 24.1. The van der Waals surface area contributed by atoms with Crippen molar-refractivity contribution in [2.75, 3.05) is 0 Å². The Morgan fingerprint density at radius 1 is 0.227 bits per heavy atom. The summed E-state index contributed by atoms with van der Waals surface area (Å²) in [5.41, 5.74) is 11.3. The monoisotopic (exact) mass is 566 g/mol. The minimum absolute atomic E-state index is 0.204. The standard InChI is InChI=1S/C42H30O2/c43-35-27-15-13-25-33(35)41-37(29-17-5-1-6-18-29)38(30-19-7-2-8-20-30)42(34-26-14-16-28-36(34)44)40(32-23-11-4-12-24-32)39(41)31-21-9-3-10-22-31/h1-28,43-44H. The average molecular weight is 567 g/mol. The Balaban J connectivity index is 1.85. The topological polar surface area (TPSA) is 40.5 Å². The Hall–Kier alpha value is -5.86. The predicted molar refractivity (Wildman–Crippen MR) is 182 cm³/mol. The van der Waals surface area contributed by atoms with Crippen LogP contribution in [0.5, 0.6) is 11.5 Å². The van der Waals surface area contributed by atoms with Crippen LogP contribution in [0.3, 0.4) is 0 Å². The highest BCUT2D eigenvalue weighted by Gasteiger charge is 2.30. The summed E-state index contributed by atoms with van der Waals surface area (Å²) in [4.78, 5) is 0. The van der Waals surface area contributed by atoms with Gasteiger partial charge in [0, 0.05) is 22.3 Å². The third-order valence-corrected chi connectivity index (χ3v) is 8.10. The summed E-state index contributed by atoms with van der Waals surface area (Å²) < 4.78 is 0. The van der Waals surface area contributed by atoms with Crippen molar-refractivity contribution in [1.82, 2.24) is 0 Å². The van der Waals surface area contributed by atoms with Crippen LogP contribution in [0, 0.1) is 0 Å². The van der Waals surface area contributed by atoms with E-state index in [1.807, 2.05) is 109 Å². The van der Waals surface area contributed by atoms with E-state index in [9.17, 15) is 10.2 Å². The van der Waals surface area contributed by atoms with E-state index < -0.39 is 0 Å². The van der Waals surface area contributed by atoms with Crippen molar-refractivity contribution >= 4 is 0 Å². The fourth-order valence-electron chi connectivity index (χ4n) is 6.23. The number of para-hydroxylation sites is 2. The van der Waals surface area contributed by atoms with Gasteiger partial charge in [-0.15, -0.1) is 0 Å². The minimum atomic E-state index is 0.204. The van der Waals surface area contributed by atoms with Crippen molar-refractivity contribution in [1.29, 1.82) is 0 Å². The van der Waals surface area contributed by atoms with Gasteiger partial charge in [-0.3, -0.25) is 0 Å². The number of hydrogen-bond acceptors (Lipinski definition) is 2. The second-order valence-electron chi connectivity index (χ2n) is 10.7. The fraction of sp³-hybridized carbons (Fsp3) is 0. The van der Waals surface area contributed by atoms with Gasteiger partial charge in [0.15, 0.2) is 0 Å². The molecule has 0 radical (unpaired) electrons. The van der Waals surface area contributed by atoms with Crippen molar-refractivity contribution in [3.05, 3.63) is 170 Å². The lowest BCUT2D eigenvalue weighted by Crippen LogP contribution is -2.02. The fourth-order valence-corrected chi connectivity index (χ4v) is 6.23. The van der Waals surface area contributed by atoms with Crippen molar-refractivity contribution in [3.8, 4) is 78.3 Å². The number of rotatable bonds is 6. The summed E-state index contributed by atoms with van der Waals surface area (Å²) in [5.74, 6) is 0.408. The van der Waals surface area contributed by atoms with E-state index in [4.69, 9.17) is 0 Å². The second-order valence-corrected chi connectivity index (χ2v) is 10.7. The summed E-state index contributed by atoms with van der Waals surface area (Å²) in [5, 5.41) is 23.0. The van der Waals surface area contributed by atoms with Gasteiger partial charge in [-0.05, 0) is 56.6 Å². The highest BCUT2D eigenvalue weighted by molar-refractivity contribution is 6.15. The van der Waals surface area contributed by atoms with E-state index in [0.717, 1.165) is 66.8 Å². The molecule has 0 unspecified atom stereocenters. The maximum atomic E-state index is 11.5. The van der Waals surface area contributed by atoms with Crippen molar-refractivity contribution in [3.63, 3.8) is 0 Å². The summed E-state index contributed by atoms with van der Waals surface area (Å²) >= 11 is 0. The van der Waals surface area contributed by atoms with Crippen molar-refractivity contribution in [2.24, 2.45) is 0 Å². The van der Waals surface area contributed by atoms with E-state index in [-0.39, 0.29) is 11.5 Å². The molecule has 0 aliphatic carbocycles. The van der Waals surface area contributed by atoms with E-state index >= 15 is 0 Å². The molecule has 0 atom stereocenters. The van der Waals surface area contributed by atoms with Gasteiger partial charge < -0.3 is 10.2 Å². The molecule has 0 bridgehead atoms. The maximum Gasteiger partial charge on any atom is 0.123 e. The molecule has 7 aromatic rings. The van der Waals surface area contributed by atoms with Gasteiger partial charge in [-0.25, -0.2) is 0 Å². The van der Waals surface area contributed by atoms with E-state index in [1.54, 1.807) is 12.1 Å². The summed E-state index contributed by atoms with van der Waals surface area (Å²) in [6, 6.07) is 56.6. The highest BCUT2D eigenvalue weighted by atomic mass is 16.3. The maximum absolute atomic E-state index is 11.5. The van der Waals surface area contributed by atoms with E-state index in [0.29, 0.717) is 0 Å². The Labute approximate surface area is 257 Å². The average Bonchev–Trinajstić information content (AvgIpc) is 3.09. The van der Waals surface area contributed by atoms with E-state index in [1.165, 1.54) is 0 Å². The van der Waals surface area contributed by atoms with Gasteiger partial charge in [0.2, 0.25) is 0 Å². The molecule has 0 saturated heterocycles. The number of benzene rings is 7. The smallest absolute Gasteiger partial charge is 0.123 e. The number of phenolic OH excluding ortho intramolecular Hbond substituents is 2. The van der Waals surface area contributed by atoms with Crippen LogP contribution in [0.1, 0.15) is 0 Å². The lowest BCUT2D eigenvalue weighted by molar-refractivity contribution is 0.476. The van der Waals surface area contributed by atoms with Crippen LogP contribution in [0.25, 0.3) is 66.8 Å². The molecule has 0 amide bonds. The normalized spacial score (nSPS) is 10.9. The minimum Gasteiger partial charge on any atom is -0.507 e. The van der Waals surface area contributed by atoms with Crippen LogP contribution in [0.15, 0.2) is 170 Å². The van der Waals surface area contributed by atoms with Crippen LogP contribution in [-0.4, -0.2) is 10.2 Å². The molecule has 2 nitrogen and oxygen atoms in total. The molecule has 7 rings (SSSR count). The molecule has 0 heterocycles. The molecule has 0 saturated carbocycles. The Kier molecular flexibility index (Phi) is 7.24. The van der Waals surface area contributed by atoms with E-state index in [2.05, 4.69) is 48.5 Å². The highest BCUT2D eigenvalue weighted by Crippen LogP contribution is 2.57. The molecule has 210 valence electrons. The van der Waals surface area contributed by atoms with Gasteiger partial charge >= 0.3 is 0 Å². The van der Waals surface area contributed by atoms with Gasteiger partial charge in [-0.2, -0.15) is 0 Å². The first kappa shape index (κ1) is 27.0. The zero-order valence-electron chi connectivity index (χ0n) is 24.1. The summed E-state index contributed by atoms with van der Waals surface area (Å²) in [6.45, 7) is 0. The van der Waals surface area contributed by atoms with Gasteiger partial charge in [0.1, 0.15) is 11.5 Å². The Morgan fingerprint density at radius 2 is 0.455 bits per heavy atom. The van der Waals surface area contributed by atoms with Gasteiger partial charge in [0.25, 0.3) is 0 Å². The van der Waals surface area contributed by atoms with Crippen LogP contribution in [-0.2, 0) is 0 Å². The molecule has 2 heteroatoms. The first-order valence-corrected chi connectivity index (χ1v) is 14.7. The second kappa shape index (κ2) is 11.8. The Morgan fingerprint density at radius 3 is 0.705 bits per heavy atom. The molecule has 0 spiro atoms. The van der Waals surface area contributed by atoms with Crippen molar-refractivity contribution in [2.45, 2.75) is 0 Å². The molecule has 0 aliphatic rings. The lowest BCUT2D eigenvalue weighted by atomic mass is 9.74. The lowest BCUT2D eigenvalue weighted by Gasteiger charge is -2.29. The molecule has 0 fully saturated rings. The predicted octanol–water partition coefficient (Wildman–Crippen LogP) is 11.1. The first-order valence-electron chi connectivity index (χ1n) is 14.7. The summed E-state index contributed by atoms with van der Waals surface area (Å²) in [6.07, 6.45) is 0. The molecule has 44 heavy (non-hydrogen) atoms. The van der Waals surface area contributed by atoms with Crippen LogP contribution in [0.2, 0.25) is 0 Å². The van der Waals surface area contributed by atoms with Gasteiger partial charge in [0.05, 0.1) is 0 Å². The van der Waals surface area contributed by atoms with Gasteiger partial charge in [-0.1, -0.05) is 158 Å². The first-order chi connectivity index (χ1) is 21.7. The number of aromatic hydroxyl groups is 2. The summed E-state index contributed by atoms with van der Waals surface area (Å²) in [7, 11) is 0. The largest absolute Gasteiger partial charge is 0.507 e. The number of phenols is 2. The van der Waals surface area contributed by atoms with Crippen molar-refractivity contribution < 1.29 is 10.2 Å². The Bertz CT molecular complexity index is 1790. The SMILES string of the molecule is Oc1ccccc1-c1c(-c2ccccc2)c(-c2ccccc2)c(-c2ccccc2O)c(-c2ccccc2)c1-c1ccccc1. The third kappa shape index (κ3) is 4.83. The van der Waals surface area contributed by atoms with Crippen LogP contribution < -0.4 is 0 Å². The zero-order chi connectivity index (χ0) is 29.9. The third-order valence-electron chi connectivity index (χ3n) is 8.10. The molecule has 2 N–H and O–H groups in total.